The maximum atomic E-state index is 11.3. The molecule has 0 amide bonds. The fraction of sp³-hybridized carbons (Fsp3) is 0.600. The molecule has 1 fully saturated rings. The summed E-state index contributed by atoms with van der Waals surface area (Å²) in [6, 6.07) is 8.62. The molecular weight excluding hydrogens is 274 g/mol. The highest BCUT2D eigenvalue weighted by Gasteiger charge is 2.30. The second-order valence-electron chi connectivity index (χ2n) is 5.68. The van der Waals surface area contributed by atoms with Crippen molar-refractivity contribution in [3.05, 3.63) is 29.8 Å². The van der Waals surface area contributed by atoms with Crippen LogP contribution >= 0.6 is 0 Å². The summed E-state index contributed by atoms with van der Waals surface area (Å²) >= 11 is 0. The van der Waals surface area contributed by atoms with Crippen LogP contribution in [0.4, 0.5) is 0 Å². The van der Waals surface area contributed by atoms with E-state index < -0.39 is 9.84 Å². The average molecular weight is 297 g/mol. The van der Waals surface area contributed by atoms with Gasteiger partial charge in [-0.3, -0.25) is 4.90 Å². The molecule has 112 valence electrons. The molecule has 0 radical (unpaired) electrons. The third kappa shape index (κ3) is 3.96. The van der Waals surface area contributed by atoms with E-state index in [2.05, 4.69) is 24.0 Å². The van der Waals surface area contributed by atoms with Gasteiger partial charge in [-0.15, -0.1) is 0 Å². The van der Waals surface area contributed by atoms with Crippen molar-refractivity contribution in [1.82, 2.24) is 4.90 Å². The molecule has 2 rings (SSSR count). The Bertz CT molecular complexity index is 539. The van der Waals surface area contributed by atoms with Crippen LogP contribution in [-0.4, -0.2) is 51.6 Å². The Morgan fingerprint density at radius 2 is 1.95 bits per heavy atom. The van der Waals surface area contributed by atoms with Crippen LogP contribution in [0.3, 0.4) is 0 Å². The fourth-order valence-corrected chi connectivity index (χ4v) is 3.38. The van der Waals surface area contributed by atoms with E-state index in [-0.39, 0.29) is 5.75 Å². The van der Waals surface area contributed by atoms with Crippen molar-refractivity contribution in [3.8, 4) is 5.75 Å². The Morgan fingerprint density at radius 1 is 1.30 bits per heavy atom. The van der Waals surface area contributed by atoms with Gasteiger partial charge in [0, 0.05) is 25.4 Å². The molecule has 2 atom stereocenters. The minimum Gasteiger partial charge on any atom is -0.497 e. The first kappa shape index (κ1) is 15.3. The number of hydrogen-bond acceptors (Lipinski definition) is 4. The molecule has 1 saturated heterocycles. The third-order valence-electron chi connectivity index (χ3n) is 4.04. The van der Waals surface area contributed by atoms with Crippen LogP contribution in [0.2, 0.25) is 0 Å². The Labute approximate surface area is 121 Å². The molecule has 20 heavy (non-hydrogen) atoms. The molecule has 1 aliphatic rings. The smallest absolute Gasteiger partial charge is 0.148 e. The van der Waals surface area contributed by atoms with Gasteiger partial charge >= 0.3 is 0 Å². The molecule has 0 spiro atoms. The normalized spacial score (nSPS) is 23.9. The van der Waals surface area contributed by atoms with Gasteiger partial charge in [-0.05, 0) is 37.0 Å². The zero-order chi connectivity index (χ0) is 14.8. The van der Waals surface area contributed by atoms with E-state index in [1.54, 1.807) is 7.11 Å². The van der Waals surface area contributed by atoms with Crippen LogP contribution in [0.25, 0.3) is 0 Å². The second-order valence-corrected chi connectivity index (χ2v) is 7.94. The Balaban J connectivity index is 1.98. The zero-order valence-corrected chi connectivity index (χ0v) is 13.2. The van der Waals surface area contributed by atoms with Crippen LogP contribution in [0.1, 0.15) is 24.8 Å². The first-order chi connectivity index (χ1) is 9.39. The number of methoxy groups -OCH3 is 1. The maximum absolute atomic E-state index is 11.3. The van der Waals surface area contributed by atoms with Gasteiger partial charge < -0.3 is 4.74 Å². The first-order valence-corrected chi connectivity index (χ1v) is 9.01. The van der Waals surface area contributed by atoms with Crippen LogP contribution in [0.15, 0.2) is 24.3 Å². The summed E-state index contributed by atoms with van der Waals surface area (Å²) in [5.74, 6) is 1.59. The lowest BCUT2D eigenvalue weighted by molar-refractivity contribution is 0.283. The molecule has 0 aliphatic carbocycles. The topological polar surface area (TPSA) is 46.6 Å². The highest BCUT2D eigenvalue weighted by atomic mass is 32.2. The molecule has 4 nitrogen and oxygen atoms in total. The van der Waals surface area contributed by atoms with Gasteiger partial charge in [0.05, 0.1) is 12.9 Å². The van der Waals surface area contributed by atoms with Gasteiger partial charge in [0.25, 0.3) is 0 Å². The van der Waals surface area contributed by atoms with Gasteiger partial charge in [0.2, 0.25) is 0 Å². The average Bonchev–Trinajstić information content (AvgIpc) is 2.77. The summed E-state index contributed by atoms with van der Waals surface area (Å²) in [6.45, 7) is 3.74. The predicted molar refractivity (Wildman–Crippen MR) is 81.1 cm³/mol. The molecule has 1 heterocycles. The molecule has 0 saturated carbocycles. The summed E-state index contributed by atoms with van der Waals surface area (Å²) in [4.78, 5) is 2.27. The van der Waals surface area contributed by atoms with Crippen molar-refractivity contribution in [2.75, 3.05) is 32.2 Å². The molecule has 1 aromatic rings. The SMILES string of the molecule is COc1ccc([C@@H]2C[C@@H](C)N(CCS(C)(=O)=O)C2)cc1. The van der Waals surface area contributed by atoms with E-state index in [0.29, 0.717) is 18.5 Å². The minimum absolute atomic E-state index is 0.243. The van der Waals surface area contributed by atoms with E-state index in [4.69, 9.17) is 4.74 Å². The molecule has 0 unspecified atom stereocenters. The first-order valence-electron chi connectivity index (χ1n) is 6.95. The fourth-order valence-electron chi connectivity index (χ4n) is 2.81. The highest BCUT2D eigenvalue weighted by Crippen LogP contribution is 2.32. The van der Waals surface area contributed by atoms with E-state index in [1.165, 1.54) is 11.8 Å². The van der Waals surface area contributed by atoms with Crippen molar-refractivity contribution in [2.24, 2.45) is 0 Å². The van der Waals surface area contributed by atoms with Crippen molar-refractivity contribution >= 4 is 9.84 Å². The number of likely N-dealkylation sites (tertiary alicyclic amines) is 1. The summed E-state index contributed by atoms with van der Waals surface area (Å²) in [5, 5.41) is 0. The largest absolute Gasteiger partial charge is 0.497 e. The standard InChI is InChI=1S/C15H23NO3S/c1-12-10-14(11-16(12)8-9-20(3,17)18)13-4-6-15(19-2)7-5-13/h4-7,12,14H,8-11H2,1-3H3/t12-,14-/m1/s1. The van der Waals surface area contributed by atoms with Crippen LogP contribution < -0.4 is 4.74 Å². The van der Waals surface area contributed by atoms with Crippen molar-refractivity contribution in [2.45, 2.75) is 25.3 Å². The van der Waals surface area contributed by atoms with Crippen LogP contribution in [-0.2, 0) is 9.84 Å². The molecular formula is C15H23NO3S. The summed E-state index contributed by atoms with van der Waals surface area (Å²) in [6.07, 6.45) is 2.38. The monoisotopic (exact) mass is 297 g/mol. The lowest BCUT2D eigenvalue weighted by Crippen LogP contribution is -2.32. The van der Waals surface area contributed by atoms with Crippen LogP contribution in [0.5, 0.6) is 5.75 Å². The molecule has 1 aliphatic heterocycles. The zero-order valence-electron chi connectivity index (χ0n) is 12.4. The Kier molecular flexibility index (Phi) is 4.70. The van der Waals surface area contributed by atoms with Gasteiger partial charge in [-0.25, -0.2) is 8.42 Å². The van der Waals surface area contributed by atoms with E-state index in [0.717, 1.165) is 18.7 Å². The lowest BCUT2D eigenvalue weighted by Gasteiger charge is -2.20. The van der Waals surface area contributed by atoms with Gasteiger partial charge in [0.15, 0.2) is 0 Å². The highest BCUT2D eigenvalue weighted by molar-refractivity contribution is 7.90. The number of sulfone groups is 1. The number of rotatable bonds is 5. The van der Waals surface area contributed by atoms with Crippen molar-refractivity contribution in [3.63, 3.8) is 0 Å². The number of benzene rings is 1. The quantitative estimate of drug-likeness (QED) is 0.833. The predicted octanol–water partition coefficient (Wildman–Crippen LogP) is 1.92. The maximum Gasteiger partial charge on any atom is 0.148 e. The summed E-state index contributed by atoms with van der Waals surface area (Å²) < 4.78 is 27.7. The van der Waals surface area contributed by atoms with Gasteiger partial charge in [0.1, 0.15) is 15.6 Å². The van der Waals surface area contributed by atoms with Crippen molar-refractivity contribution in [1.29, 1.82) is 0 Å². The van der Waals surface area contributed by atoms with E-state index >= 15 is 0 Å². The Morgan fingerprint density at radius 3 is 2.50 bits per heavy atom. The molecule has 0 N–H and O–H groups in total. The van der Waals surface area contributed by atoms with Crippen molar-refractivity contribution < 1.29 is 13.2 Å². The number of hydrogen-bond donors (Lipinski definition) is 0. The summed E-state index contributed by atoms with van der Waals surface area (Å²) in [5.41, 5.74) is 1.31. The van der Waals surface area contributed by atoms with E-state index in [9.17, 15) is 8.42 Å². The second kappa shape index (κ2) is 6.14. The molecule has 0 aromatic heterocycles. The van der Waals surface area contributed by atoms with Gasteiger partial charge in [-0.2, -0.15) is 0 Å². The van der Waals surface area contributed by atoms with Gasteiger partial charge in [-0.1, -0.05) is 12.1 Å². The molecule has 1 aromatic carbocycles. The van der Waals surface area contributed by atoms with E-state index in [1.807, 2.05) is 12.1 Å². The van der Waals surface area contributed by atoms with Crippen LogP contribution in [0, 0.1) is 0 Å². The summed E-state index contributed by atoms with van der Waals surface area (Å²) in [7, 11) is -1.22. The number of ether oxygens (including phenoxy) is 1. The molecule has 0 bridgehead atoms. The minimum atomic E-state index is -2.88. The third-order valence-corrected chi connectivity index (χ3v) is 4.96. The number of nitrogens with zero attached hydrogens (tertiary/aromatic N) is 1. The lowest BCUT2D eigenvalue weighted by atomic mass is 9.97. The Hall–Kier alpha value is -1.07. The molecule has 5 heteroatoms.